The maximum absolute atomic E-state index is 11.4. The van der Waals surface area contributed by atoms with E-state index in [2.05, 4.69) is 23.8 Å². The molecule has 1 unspecified atom stereocenters. The van der Waals surface area contributed by atoms with Gasteiger partial charge in [-0.15, -0.1) is 0 Å². The van der Waals surface area contributed by atoms with Gasteiger partial charge in [0.05, 0.1) is 11.3 Å². The number of hydrogen-bond acceptors (Lipinski definition) is 3. The second kappa shape index (κ2) is 5.80. The van der Waals surface area contributed by atoms with Crippen LogP contribution in [0.15, 0.2) is 18.2 Å². The number of halogens is 1. The molecule has 1 aliphatic heterocycles. The Hall–Kier alpha value is -1.26. The molecule has 2 rings (SSSR count). The van der Waals surface area contributed by atoms with Crippen molar-refractivity contribution < 1.29 is 9.90 Å². The van der Waals surface area contributed by atoms with Crippen LogP contribution in [-0.2, 0) is 0 Å². The summed E-state index contributed by atoms with van der Waals surface area (Å²) in [6.07, 6.45) is 1.03. The summed E-state index contributed by atoms with van der Waals surface area (Å²) in [4.78, 5) is 15.8. The number of aromatic carboxylic acids is 1. The van der Waals surface area contributed by atoms with Crippen LogP contribution in [0.4, 0.5) is 5.69 Å². The van der Waals surface area contributed by atoms with Gasteiger partial charge < -0.3 is 14.9 Å². The van der Waals surface area contributed by atoms with Crippen molar-refractivity contribution in [3.63, 3.8) is 0 Å². The van der Waals surface area contributed by atoms with Gasteiger partial charge in [0, 0.05) is 24.2 Å². The van der Waals surface area contributed by atoms with E-state index in [9.17, 15) is 9.90 Å². The van der Waals surface area contributed by atoms with Gasteiger partial charge in [-0.3, -0.25) is 0 Å². The SMILES string of the molecule is CC1CN(C)CCCN1c1ccc(Cl)cc1C(=O)O. The van der Waals surface area contributed by atoms with Crippen molar-refractivity contribution in [2.24, 2.45) is 0 Å². The van der Waals surface area contributed by atoms with Crippen molar-refractivity contribution >= 4 is 23.3 Å². The van der Waals surface area contributed by atoms with E-state index in [1.807, 2.05) is 6.07 Å². The smallest absolute Gasteiger partial charge is 0.337 e. The Morgan fingerprint density at radius 1 is 1.42 bits per heavy atom. The van der Waals surface area contributed by atoms with E-state index in [1.54, 1.807) is 6.07 Å². The second-order valence-electron chi connectivity index (χ2n) is 5.12. The molecule has 1 saturated heterocycles. The fourth-order valence-electron chi connectivity index (χ4n) is 2.66. The molecule has 1 aliphatic rings. The Balaban J connectivity index is 2.37. The van der Waals surface area contributed by atoms with Crippen LogP contribution >= 0.6 is 11.6 Å². The molecular formula is C14H19ClN2O2. The zero-order valence-electron chi connectivity index (χ0n) is 11.3. The van der Waals surface area contributed by atoms with E-state index in [0.29, 0.717) is 5.02 Å². The number of nitrogens with zero attached hydrogens (tertiary/aromatic N) is 2. The highest BCUT2D eigenvalue weighted by molar-refractivity contribution is 6.31. The molecule has 0 aliphatic carbocycles. The highest BCUT2D eigenvalue weighted by atomic mass is 35.5. The molecule has 0 bridgehead atoms. The number of carboxylic acid groups (broad SMARTS) is 1. The van der Waals surface area contributed by atoms with Gasteiger partial charge in [-0.1, -0.05) is 11.6 Å². The van der Waals surface area contributed by atoms with Crippen molar-refractivity contribution in [2.75, 3.05) is 31.6 Å². The maximum Gasteiger partial charge on any atom is 0.337 e. The molecule has 0 aromatic heterocycles. The van der Waals surface area contributed by atoms with Gasteiger partial charge in [-0.05, 0) is 45.1 Å². The molecule has 1 fully saturated rings. The number of anilines is 1. The number of hydrogen-bond donors (Lipinski definition) is 1. The van der Waals surface area contributed by atoms with E-state index in [1.165, 1.54) is 6.07 Å². The van der Waals surface area contributed by atoms with Gasteiger partial charge in [0.15, 0.2) is 0 Å². The Kier molecular flexibility index (Phi) is 4.32. The zero-order valence-corrected chi connectivity index (χ0v) is 12.0. The van der Waals surface area contributed by atoms with Crippen LogP contribution < -0.4 is 4.90 Å². The molecule has 1 aromatic rings. The molecule has 19 heavy (non-hydrogen) atoms. The molecular weight excluding hydrogens is 264 g/mol. The Morgan fingerprint density at radius 2 is 2.16 bits per heavy atom. The Labute approximate surface area is 118 Å². The van der Waals surface area contributed by atoms with Crippen molar-refractivity contribution in [3.8, 4) is 0 Å². The van der Waals surface area contributed by atoms with Crippen LogP contribution in [-0.4, -0.2) is 48.7 Å². The van der Waals surface area contributed by atoms with Gasteiger partial charge in [0.25, 0.3) is 0 Å². The molecule has 0 spiro atoms. The zero-order chi connectivity index (χ0) is 14.0. The summed E-state index contributed by atoms with van der Waals surface area (Å²) in [6, 6.07) is 5.38. The fourth-order valence-corrected chi connectivity index (χ4v) is 2.83. The van der Waals surface area contributed by atoms with E-state index in [-0.39, 0.29) is 11.6 Å². The highest BCUT2D eigenvalue weighted by Gasteiger charge is 2.23. The average molecular weight is 283 g/mol. The summed E-state index contributed by atoms with van der Waals surface area (Å²) in [5, 5.41) is 9.79. The lowest BCUT2D eigenvalue weighted by atomic mass is 10.1. The van der Waals surface area contributed by atoms with Crippen molar-refractivity contribution in [1.29, 1.82) is 0 Å². The normalized spacial score (nSPS) is 21.2. The van der Waals surface area contributed by atoms with Crippen LogP contribution in [0.25, 0.3) is 0 Å². The number of carboxylic acids is 1. The summed E-state index contributed by atoms with van der Waals surface area (Å²) < 4.78 is 0. The van der Waals surface area contributed by atoms with Crippen molar-refractivity contribution in [2.45, 2.75) is 19.4 Å². The minimum absolute atomic E-state index is 0.281. The number of likely N-dealkylation sites (N-methyl/N-ethyl adjacent to an activating group) is 1. The standard InChI is InChI=1S/C14H19ClN2O2/c1-10-9-16(2)6-3-7-17(10)13-5-4-11(15)8-12(13)14(18)19/h4-5,8,10H,3,6-7,9H2,1-2H3,(H,18,19). The van der Waals surface area contributed by atoms with Crippen LogP contribution in [0.3, 0.4) is 0 Å². The summed E-state index contributed by atoms with van der Waals surface area (Å²) in [5.74, 6) is -0.928. The molecule has 0 radical (unpaired) electrons. The van der Waals surface area contributed by atoms with Gasteiger partial charge in [-0.25, -0.2) is 4.79 Å². The lowest BCUT2D eigenvalue weighted by Gasteiger charge is -2.31. The monoisotopic (exact) mass is 282 g/mol. The third-order valence-electron chi connectivity index (χ3n) is 3.55. The summed E-state index contributed by atoms with van der Waals surface area (Å²) in [7, 11) is 2.10. The molecule has 0 saturated carbocycles. The minimum atomic E-state index is -0.928. The second-order valence-corrected chi connectivity index (χ2v) is 5.56. The third kappa shape index (κ3) is 3.19. The first-order valence-electron chi connectivity index (χ1n) is 6.47. The molecule has 5 heteroatoms. The van der Waals surface area contributed by atoms with Gasteiger partial charge in [-0.2, -0.15) is 0 Å². The predicted octanol–water partition coefficient (Wildman–Crippen LogP) is 2.57. The van der Waals surface area contributed by atoms with Crippen LogP contribution in [0.5, 0.6) is 0 Å². The van der Waals surface area contributed by atoms with E-state index in [0.717, 1.165) is 31.7 Å². The predicted molar refractivity (Wildman–Crippen MR) is 77.3 cm³/mol. The third-order valence-corrected chi connectivity index (χ3v) is 3.78. The average Bonchev–Trinajstić information content (AvgIpc) is 2.50. The molecule has 1 atom stereocenters. The molecule has 1 aromatic carbocycles. The van der Waals surface area contributed by atoms with Crippen molar-refractivity contribution in [3.05, 3.63) is 28.8 Å². The number of rotatable bonds is 2. The van der Waals surface area contributed by atoms with Gasteiger partial charge in [0.1, 0.15) is 0 Å². The van der Waals surface area contributed by atoms with Crippen LogP contribution in [0.2, 0.25) is 5.02 Å². The number of carbonyl (C=O) groups is 1. The summed E-state index contributed by atoms with van der Waals surface area (Å²) in [5.41, 5.74) is 1.05. The topological polar surface area (TPSA) is 43.8 Å². The minimum Gasteiger partial charge on any atom is -0.478 e. The van der Waals surface area contributed by atoms with E-state index < -0.39 is 5.97 Å². The largest absolute Gasteiger partial charge is 0.478 e. The maximum atomic E-state index is 11.4. The first-order chi connectivity index (χ1) is 8.99. The fraction of sp³-hybridized carbons (Fsp3) is 0.500. The van der Waals surface area contributed by atoms with E-state index >= 15 is 0 Å². The van der Waals surface area contributed by atoms with Gasteiger partial charge in [0.2, 0.25) is 0 Å². The Morgan fingerprint density at radius 3 is 2.84 bits per heavy atom. The van der Waals surface area contributed by atoms with Gasteiger partial charge >= 0.3 is 5.97 Å². The molecule has 1 N–H and O–H groups in total. The van der Waals surface area contributed by atoms with Crippen LogP contribution in [0, 0.1) is 0 Å². The molecule has 4 nitrogen and oxygen atoms in total. The summed E-state index contributed by atoms with van der Waals surface area (Å²) >= 11 is 5.90. The van der Waals surface area contributed by atoms with Crippen molar-refractivity contribution in [1.82, 2.24) is 4.90 Å². The first kappa shape index (κ1) is 14.2. The highest BCUT2D eigenvalue weighted by Crippen LogP contribution is 2.27. The Bertz CT molecular complexity index is 479. The van der Waals surface area contributed by atoms with Crippen LogP contribution in [0.1, 0.15) is 23.7 Å². The lowest BCUT2D eigenvalue weighted by Crippen LogP contribution is -2.38. The molecule has 0 amide bonds. The molecule has 1 heterocycles. The quantitative estimate of drug-likeness (QED) is 0.905. The summed E-state index contributed by atoms with van der Waals surface area (Å²) in [6.45, 7) is 4.97. The first-order valence-corrected chi connectivity index (χ1v) is 6.85. The van der Waals surface area contributed by atoms with E-state index in [4.69, 9.17) is 11.6 Å². The lowest BCUT2D eigenvalue weighted by molar-refractivity contribution is 0.0697. The number of benzene rings is 1. The molecule has 104 valence electrons.